The van der Waals surface area contributed by atoms with Crippen LogP contribution in [0.3, 0.4) is 0 Å². The molecule has 0 unspecified atom stereocenters. The Balaban J connectivity index is 2.86. The van der Waals surface area contributed by atoms with Crippen LogP contribution in [-0.4, -0.2) is 27.7 Å². The van der Waals surface area contributed by atoms with E-state index < -0.39 is 21.9 Å². The number of benzene rings is 1. The molecule has 0 aliphatic heterocycles. The number of hydrogen-bond donors (Lipinski definition) is 2. The van der Waals surface area contributed by atoms with E-state index in [0.29, 0.717) is 11.1 Å². The molecule has 0 heterocycles. The van der Waals surface area contributed by atoms with Crippen LogP contribution in [0, 0.1) is 19.7 Å². The molecule has 1 aromatic carbocycles. The fraction of sp³-hybridized carbons (Fsp3) is 0.364. The molecule has 19 heavy (non-hydrogen) atoms. The molecule has 1 aromatic rings. The fourth-order valence-corrected chi connectivity index (χ4v) is 3.18. The van der Waals surface area contributed by atoms with Gasteiger partial charge >= 0.3 is 6.09 Å². The maximum absolute atomic E-state index is 13.1. The third kappa shape index (κ3) is 4.18. The van der Waals surface area contributed by atoms with E-state index in [-0.39, 0.29) is 18.0 Å². The minimum atomic E-state index is -3.79. The predicted octanol–water partition coefficient (Wildman–Crippen LogP) is 0.816. The van der Waals surface area contributed by atoms with Crippen molar-refractivity contribution in [3.05, 3.63) is 29.1 Å². The number of hydrogen-bond acceptors (Lipinski definition) is 4. The molecule has 0 atom stereocenters. The van der Waals surface area contributed by atoms with Crippen LogP contribution < -0.4 is 10.5 Å². The van der Waals surface area contributed by atoms with Gasteiger partial charge in [0.1, 0.15) is 12.4 Å². The minimum Gasteiger partial charge on any atom is -0.448 e. The molecule has 0 bridgehead atoms. The third-order valence-electron chi connectivity index (χ3n) is 2.33. The Hall–Kier alpha value is -1.67. The summed E-state index contributed by atoms with van der Waals surface area (Å²) in [5.41, 5.74) is 5.35. The predicted molar refractivity (Wildman–Crippen MR) is 66.6 cm³/mol. The molecular weight excluding hydrogens is 275 g/mol. The number of nitrogens with two attached hydrogens (primary N) is 1. The monoisotopic (exact) mass is 290 g/mol. The Labute approximate surface area is 110 Å². The lowest BCUT2D eigenvalue weighted by Gasteiger charge is -2.12. The van der Waals surface area contributed by atoms with Crippen LogP contribution in [0.4, 0.5) is 9.18 Å². The smallest absolute Gasteiger partial charge is 0.404 e. The van der Waals surface area contributed by atoms with Crippen molar-refractivity contribution in [2.24, 2.45) is 5.73 Å². The standard InChI is InChI=1S/C11H15FN2O4S/c1-7-5-9(12)6-8(2)10(7)19(16,17)14-3-4-18-11(13)15/h5-6,14H,3-4H2,1-2H3,(H2,13,15). The first-order valence-corrected chi connectivity index (χ1v) is 6.91. The van der Waals surface area contributed by atoms with Gasteiger partial charge in [-0.2, -0.15) is 0 Å². The summed E-state index contributed by atoms with van der Waals surface area (Å²) in [7, 11) is -3.79. The highest BCUT2D eigenvalue weighted by Crippen LogP contribution is 2.20. The van der Waals surface area contributed by atoms with E-state index in [0.717, 1.165) is 12.1 Å². The van der Waals surface area contributed by atoms with Crippen molar-refractivity contribution in [2.45, 2.75) is 18.7 Å². The van der Waals surface area contributed by atoms with Gasteiger partial charge in [-0.3, -0.25) is 0 Å². The largest absolute Gasteiger partial charge is 0.448 e. The quantitative estimate of drug-likeness (QED) is 0.784. The zero-order valence-electron chi connectivity index (χ0n) is 10.6. The maximum Gasteiger partial charge on any atom is 0.404 e. The second kappa shape index (κ2) is 5.98. The van der Waals surface area contributed by atoms with E-state index in [9.17, 15) is 17.6 Å². The van der Waals surface area contributed by atoms with E-state index >= 15 is 0 Å². The zero-order chi connectivity index (χ0) is 14.6. The molecule has 1 amide bonds. The summed E-state index contributed by atoms with van der Waals surface area (Å²) in [6.07, 6.45) is -0.978. The lowest BCUT2D eigenvalue weighted by atomic mass is 10.1. The Morgan fingerprint density at radius 1 is 1.37 bits per heavy atom. The SMILES string of the molecule is Cc1cc(F)cc(C)c1S(=O)(=O)NCCOC(N)=O. The van der Waals surface area contributed by atoms with E-state index in [1.807, 2.05) is 0 Å². The van der Waals surface area contributed by atoms with Gasteiger partial charge in [-0.15, -0.1) is 0 Å². The summed E-state index contributed by atoms with van der Waals surface area (Å²) in [6, 6.07) is 2.28. The summed E-state index contributed by atoms with van der Waals surface area (Å²) in [5, 5.41) is 0. The van der Waals surface area contributed by atoms with Crippen molar-refractivity contribution >= 4 is 16.1 Å². The van der Waals surface area contributed by atoms with Gasteiger partial charge in [0.2, 0.25) is 10.0 Å². The maximum atomic E-state index is 13.1. The molecule has 106 valence electrons. The number of amides is 1. The van der Waals surface area contributed by atoms with Gasteiger partial charge in [0.05, 0.1) is 4.90 Å². The summed E-state index contributed by atoms with van der Waals surface area (Å²) in [4.78, 5) is 10.3. The van der Waals surface area contributed by atoms with Gasteiger partial charge in [0, 0.05) is 6.54 Å². The van der Waals surface area contributed by atoms with Crippen LogP contribution in [0.1, 0.15) is 11.1 Å². The first-order chi connectivity index (χ1) is 8.74. The highest BCUT2D eigenvalue weighted by atomic mass is 32.2. The second-order valence-electron chi connectivity index (χ2n) is 3.93. The average Bonchev–Trinajstić information content (AvgIpc) is 2.22. The Morgan fingerprint density at radius 2 is 1.89 bits per heavy atom. The molecule has 0 saturated carbocycles. The number of nitrogens with one attached hydrogen (secondary N) is 1. The molecule has 1 rings (SSSR count). The van der Waals surface area contributed by atoms with Crippen LogP contribution in [0.15, 0.2) is 17.0 Å². The number of sulfonamides is 1. The summed E-state index contributed by atoms with van der Waals surface area (Å²) < 4.78 is 43.8. The van der Waals surface area contributed by atoms with Crippen LogP contribution in [-0.2, 0) is 14.8 Å². The van der Waals surface area contributed by atoms with Crippen molar-refractivity contribution in [1.82, 2.24) is 4.72 Å². The van der Waals surface area contributed by atoms with Gasteiger partial charge in [-0.05, 0) is 37.1 Å². The van der Waals surface area contributed by atoms with E-state index in [1.54, 1.807) is 0 Å². The molecule has 6 nitrogen and oxygen atoms in total. The molecule has 0 radical (unpaired) electrons. The van der Waals surface area contributed by atoms with Gasteiger partial charge in [-0.1, -0.05) is 0 Å². The molecule has 0 saturated heterocycles. The van der Waals surface area contributed by atoms with Gasteiger partial charge in [0.25, 0.3) is 0 Å². The molecule has 8 heteroatoms. The van der Waals surface area contributed by atoms with Crippen LogP contribution in [0.2, 0.25) is 0 Å². The molecule has 0 aliphatic rings. The number of ether oxygens (including phenoxy) is 1. The Kier molecular flexibility index (Phi) is 4.84. The second-order valence-corrected chi connectivity index (χ2v) is 5.64. The first kappa shape index (κ1) is 15.4. The molecule has 0 spiro atoms. The number of rotatable bonds is 5. The Bertz CT molecular complexity index is 563. The van der Waals surface area contributed by atoms with Crippen molar-refractivity contribution in [3.8, 4) is 0 Å². The van der Waals surface area contributed by atoms with Gasteiger partial charge in [0.15, 0.2) is 0 Å². The van der Waals surface area contributed by atoms with Gasteiger partial charge in [-0.25, -0.2) is 22.3 Å². The van der Waals surface area contributed by atoms with Crippen molar-refractivity contribution < 1.29 is 22.3 Å². The fourth-order valence-electron chi connectivity index (χ4n) is 1.72. The minimum absolute atomic E-state index is 0.0213. The number of halogens is 1. The zero-order valence-corrected chi connectivity index (χ0v) is 11.4. The number of primary amides is 1. The number of carbonyl (C=O) groups excluding carboxylic acids is 1. The normalized spacial score (nSPS) is 11.3. The highest BCUT2D eigenvalue weighted by Gasteiger charge is 2.19. The van der Waals surface area contributed by atoms with Crippen LogP contribution in [0.25, 0.3) is 0 Å². The van der Waals surface area contributed by atoms with Crippen molar-refractivity contribution in [1.29, 1.82) is 0 Å². The highest BCUT2D eigenvalue weighted by molar-refractivity contribution is 7.89. The third-order valence-corrected chi connectivity index (χ3v) is 4.10. The van der Waals surface area contributed by atoms with Crippen molar-refractivity contribution in [3.63, 3.8) is 0 Å². The lowest BCUT2D eigenvalue weighted by Crippen LogP contribution is -2.30. The van der Waals surface area contributed by atoms with Gasteiger partial charge < -0.3 is 10.5 Å². The first-order valence-electron chi connectivity index (χ1n) is 5.42. The summed E-state index contributed by atoms with van der Waals surface area (Å²) in [6.45, 7) is 2.73. The molecule has 0 aliphatic carbocycles. The lowest BCUT2D eigenvalue weighted by molar-refractivity contribution is 0.159. The molecule has 0 aromatic heterocycles. The number of aryl methyl sites for hydroxylation is 2. The molecular formula is C11H15FN2O4S. The topological polar surface area (TPSA) is 98.5 Å². The van der Waals surface area contributed by atoms with Crippen LogP contribution >= 0.6 is 0 Å². The molecule has 0 fully saturated rings. The average molecular weight is 290 g/mol. The van der Waals surface area contributed by atoms with E-state index in [2.05, 4.69) is 9.46 Å². The number of carbonyl (C=O) groups is 1. The van der Waals surface area contributed by atoms with Crippen LogP contribution in [0.5, 0.6) is 0 Å². The van der Waals surface area contributed by atoms with E-state index in [4.69, 9.17) is 5.73 Å². The van der Waals surface area contributed by atoms with Crippen molar-refractivity contribution in [2.75, 3.05) is 13.2 Å². The molecule has 3 N–H and O–H groups in total. The Morgan fingerprint density at radius 3 is 2.37 bits per heavy atom. The van der Waals surface area contributed by atoms with E-state index in [1.165, 1.54) is 13.8 Å². The summed E-state index contributed by atoms with van der Waals surface area (Å²) in [5.74, 6) is -0.494. The summed E-state index contributed by atoms with van der Waals surface area (Å²) >= 11 is 0.